The number of aromatic nitrogens is 2. The number of halogens is 1. The van der Waals surface area contributed by atoms with Crippen LogP contribution < -0.4 is 0 Å². The molecule has 0 radical (unpaired) electrons. The van der Waals surface area contributed by atoms with Crippen molar-refractivity contribution in [1.29, 1.82) is 0 Å². The Morgan fingerprint density at radius 2 is 2.44 bits per heavy atom. The van der Waals surface area contributed by atoms with E-state index in [2.05, 4.69) is 20.9 Å². The number of carbonyl (C=O) groups is 1. The Balaban J connectivity index is 2.38. The standard InChI is InChI=1S/C10H9BrN2O2S/c1-6-12-4-8(10(14)15)13(6)5-9-7(11)2-3-16-9/h2-4H,5H2,1H3,(H,14,15). The Kier molecular flexibility index (Phi) is 3.11. The molecule has 2 aromatic heterocycles. The van der Waals surface area contributed by atoms with E-state index in [1.807, 2.05) is 11.4 Å². The van der Waals surface area contributed by atoms with Crippen LogP contribution in [0.25, 0.3) is 0 Å². The predicted octanol–water partition coefficient (Wildman–Crippen LogP) is 2.76. The first-order valence-electron chi connectivity index (χ1n) is 4.57. The van der Waals surface area contributed by atoms with Gasteiger partial charge in [0, 0.05) is 9.35 Å². The highest BCUT2D eigenvalue weighted by Gasteiger charge is 2.14. The van der Waals surface area contributed by atoms with E-state index >= 15 is 0 Å². The molecule has 0 unspecified atom stereocenters. The van der Waals surface area contributed by atoms with Crippen LogP contribution in [0.1, 0.15) is 21.2 Å². The molecule has 1 N–H and O–H groups in total. The predicted molar refractivity (Wildman–Crippen MR) is 65.0 cm³/mol. The van der Waals surface area contributed by atoms with E-state index in [1.165, 1.54) is 6.20 Å². The third-order valence-electron chi connectivity index (χ3n) is 2.27. The zero-order chi connectivity index (χ0) is 11.7. The number of carboxylic acid groups (broad SMARTS) is 1. The fraction of sp³-hybridized carbons (Fsp3) is 0.200. The summed E-state index contributed by atoms with van der Waals surface area (Å²) < 4.78 is 2.70. The number of carboxylic acids is 1. The summed E-state index contributed by atoms with van der Waals surface area (Å²) in [5.74, 6) is -0.244. The fourth-order valence-electron chi connectivity index (χ4n) is 1.42. The quantitative estimate of drug-likeness (QED) is 0.948. The second-order valence-electron chi connectivity index (χ2n) is 3.27. The number of aromatic carboxylic acids is 1. The van der Waals surface area contributed by atoms with Crippen LogP contribution in [0, 0.1) is 6.92 Å². The lowest BCUT2D eigenvalue weighted by Gasteiger charge is -2.06. The molecule has 0 aliphatic rings. The van der Waals surface area contributed by atoms with Gasteiger partial charge in [0.05, 0.1) is 12.7 Å². The molecule has 0 saturated heterocycles. The lowest BCUT2D eigenvalue weighted by Crippen LogP contribution is -2.10. The van der Waals surface area contributed by atoms with Gasteiger partial charge in [0.15, 0.2) is 0 Å². The van der Waals surface area contributed by atoms with Crippen molar-refractivity contribution in [3.05, 3.63) is 38.5 Å². The largest absolute Gasteiger partial charge is 0.477 e. The molecule has 2 aromatic rings. The molecule has 0 aliphatic carbocycles. The van der Waals surface area contributed by atoms with Gasteiger partial charge in [-0.1, -0.05) is 0 Å². The van der Waals surface area contributed by atoms with Crippen LogP contribution in [-0.4, -0.2) is 20.6 Å². The molecule has 84 valence electrons. The van der Waals surface area contributed by atoms with Gasteiger partial charge in [0.25, 0.3) is 0 Å². The van der Waals surface area contributed by atoms with Gasteiger partial charge in [0.2, 0.25) is 0 Å². The van der Waals surface area contributed by atoms with Crippen LogP contribution >= 0.6 is 27.3 Å². The Morgan fingerprint density at radius 1 is 1.69 bits per heavy atom. The number of aryl methyl sites for hydroxylation is 1. The van der Waals surface area contributed by atoms with E-state index < -0.39 is 5.97 Å². The molecular weight excluding hydrogens is 292 g/mol. The van der Waals surface area contributed by atoms with Gasteiger partial charge in [0.1, 0.15) is 11.5 Å². The molecule has 0 amide bonds. The summed E-state index contributed by atoms with van der Waals surface area (Å²) in [7, 11) is 0. The first-order chi connectivity index (χ1) is 7.59. The van der Waals surface area contributed by atoms with Crippen LogP contribution in [0.4, 0.5) is 0 Å². The van der Waals surface area contributed by atoms with Crippen molar-refractivity contribution in [2.45, 2.75) is 13.5 Å². The normalized spacial score (nSPS) is 10.6. The number of hydrogen-bond acceptors (Lipinski definition) is 3. The van der Waals surface area contributed by atoms with Gasteiger partial charge in [-0.3, -0.25) is 0 Å². The van der Waals surface area contributed by atoms with Gasteiger partial charge >= 0.3 is 5.97 Å². The lowest BCUT2D eigenvalue weighted by atomic mass is 10.4. The molecule has 0 aliphatic heterocycles. The van der Waals surface area contributed by atoms with E-state index in [9.17, 15) is 4.79 Å². The Morgan fingerprint density at radius 3 is 3.00 bits per heavy atom. The number of rotatable bonds is 3. The van der Waals surface area contributed by atoms with Crippen LogP contribution in [0.3, 0.4) is 0 Å². The molecule has 0 bridgehead atoms. The summed E-state index contributed by atoms with van der Waals surface area (Å²) in [5.41, 5.74) is 0.220. The van der Waals surface area contributed by atoms with Crippen molar-refractivity contribution in [3.8, 4) is 0 Å². The maximum atomic E-state index is 11.0. The molecule has 0 atom stereocenters. The van der Waals surface area contributed by atoms with Gasteiger partial charge in [-0.2, -0.15) is 0 Å². The van der Waals surface area contributed by atoms with Gasteiger partial charge < -0.3 is 9.67 Å². The zero-order valence-electron chi connectivity index (χ0n) is 8.48. The fourth-order valence-corrected chi connectivity index (χ4v) is 2.89. The van der Waals surface area contributed by atoms with E-state index in [1.54, 1.807) is 22.8 Å². The third kappa shape index (κ3) is 2.03. The highest BCUT2D eigenvalue weighted by molar-refractivity contribution is 9.10. The second-order valence-corrected chi connectivity index (χ2v) is 5.13. The number of thiophene rings is 1. The van der Waals surface area contributed by atoms with Gasteiger partial charge in [-0.25, -0.2) is 9.78 Å². The van der Waals surface area contributed by atoms with Crippen molar-refractivity contribution in [3.63, 3.8) is 0 Å². The summed E-state index contributed by atoms with van der Waals surface area (Å²) in [6, 6.07) is 1.95. The molecule has 0 aromatic carbocycles. The van der Waals surface area contributed by atoms with E-state index in [0.29, 0.717) is 12.4 Å². The van der Waals surface area contributed by atoms with Crippen molar-refractivity contribution >= 4 is 33.2 Å². The highest BCUT2D eigenvalue weighted by Crippen LogP contribution is 2.24. The average Bonchev–Trinajstić information content (AvgIpc) is 2.76. The van der Waals surface area contributed by atoms with Crippen LogP contribution in [-0.2, 0) is 6.54 Å². The van der Waals surface area contributed by atoms with Crippen molar-refractivity contribution in [2.75, 3.05) is 0 Å². The van der Waals surface area contributed by atoms with Crippen molar-refractivity contribution in [1.82, 2.24) is 9.55 Å². The summed E-state index contributed by atoms with van der Waals surface area (Å²) in [6.45, 7) is 2.33. The molecule has 2 rings (SSSR count). The number of imidazole rings is 1. The average molecular weight is 301 g/mol. The molecule has 6 heteroatoms. The Hall–Kier alpha value is -1.14. The highest BCUT2D eigenvalue weighted by atomic mass is 79.9. The van der Waals surface area contributed by atoms with E-state index in [0.717, 1.165) is 9.35 Å². The Labute approximate surface area is 105 Å². The molecule has 4 nitrogen and oxygen atoms in total. The van der Waals surface area contributed by atoms with Crippen LogP contribution in [0.5, 0.6) is 0 Å². The van der Waals surface area contributed by atoms with Crippen molar-refractivity contribution < 1.29 is 9.90 Å². The first kappa shape index (κ1) is 11.3. The van der Waals surface area contributed by atoms with Crippen LogP contribution in [0.2, 0.25) is 0 Å². The minimum atomic E-state index is -0.951. The SMILES string of the molecule is Cc1ncc(C(=O)O)n1Cc1sccc1Br. The van der Waals surface area contributed by atoms with Gasteiger partial charge in [-0.05, 0) is 34.3 Å². The molecular formula is C10H9BrN2O2S. The zero-order valence-corrected chi connectivity index (χ0v) is 10.9. The molecule has 16 heavy (non-hydrogen) atoms. The van der Waals surface area contributed by atoms with Crippen LogP contribution in [0.15, 0.2) is 22.1 Å². The first-order valence-corrected chi connectivity index (χ1v) is 6.24. The smallest absolute Gasteiger partial charge is 0.354 e. The molecule has 2 heterocycles. The van der Waals surface area contributed by atoms with E-state index in [-0.39, 0.29) is 5.69 Å². The van der Waals surface area contributed by atoms with E-state index in [4.69, 9.17) is 5.11 Å². The van der Waals surface area contributed by atoms with Gasteiger partial charge in [-0.15, -0.1) is 11.3 Å². The summed E-state index contributed by atoms with van der Waals surface area (Å²) in [4.78, 5) is 16.1. The molecule has 0 spiro atoms. The minimum Gasteiger partial charge on any atom is -0.477 e. The monoisotopic (exact) mass is 300 g/mol. The summed E-state index contributed by atoms with van der Waals surface area (Å²) in [6.07, 6.45) is 1.39. The van der Waals surface area contributed by atoms with Crippen molar-refractivity contribution in [2.24, 2.45) is 0 Å². The summed E-state index contributed by atoms with van der Waals surface area (Å²) >= 11 is 5.02. The maximum absolute atomic E-state index is 11.0. The third-order valence-corrected chi connectivity index (χ3v) is 4.18. The second kappa shape index (κ2) is 4.39. The lowest BCUT2D eigenvalue weighted by molar-refractivity contribution is 0.0685. The molecule has 0 saturated carbocycles. The topological polar surface area (TPSA) is 55.1 Å². The number of hydrogen-bond donors (Lipinski definition) is 1. The Bertz CT molecular complexity index is 533. The summed E-state index contributed by atoms with van der Waals surface area (Å²) in [5, 5.41) is 11.0. The maximum Gasteiger partial charge on any atom is 0.354 e. The molecule has 0 fully saturated rings. The number of nitrogens with zero attached hydrogens (tertiary/aromatic N) is 2. The minimum absolute atomic E-state index is 0.220.